The fourth-order valence-electron chi connectivity index (χ4n) is 0.728. The van der Waals surface area contributed by atoms with Crippen LogP contribution in [0.25, 0.3) is 0 Å². The van der Waals surface area contributed by atoms with E-state index in [1.165, 1.54) is 24.6 Å². The Hall–Kier alpha value is -1.43. The summed E-state index contributed by atoms with van der Waals surface area (Å²) in [7, 11) is -1.19. The molecule has 70 valence electrons. The number of carboxylic acid groups (broad SMARTS) is 1. The van der Waals surface area contributed by atoms with Gasteiger partial charge >= 0.3 is 5.97 Å². The highest BCUT2D eigenvalue weighted by Crippen LogP contribution is 2.04. The fraction of sp³-hybridized carbons (Fsp3) is 0.143. The monoisotopic (exact) mass is 200 g/mol. The van der Waals surface area contributed by atoms with E-state index in [-0.39, 0.29) is 5.56 Å². The van der Waals surface area contributed by atoms with Gasteiger partial charge in [-0.05, 0) is 12.1 Å². The smallest absolute Gasteiger partial charge is 0.337 e. The summed E-state index contributed by atoms with van der Waals surface area (Å²) in [6.45, 7) is 0. The second-order valence-corrected chi connectivity index (χ2v) is 3.41. The Morgan fingerprint density at radius 1 is 1.62 bits per heavy atom. The van der Waals surface area contributed by atoms with Crippen LogP contribution in [0, 0.1) is 0 Å². The van der Waals surface area contributed by atoms with E-state index in [4.69, 9.17) is 5.11 Å². The molecule has 1 heterocycles. The van der Waals surface area contributed by atoms with Gasteiger partial charge < -0.3 is 5.11 Å². The van der Waals surface area contributed by atoms with Crippen LogP contribution in [0.4, 0.5) is 5.82 Å². The molecule has 1 unspecified atom stereocenters. The number of aromatic nitrogens is 1. The Morgan fingerprint density at radius 3 is 2.69 bits per heavy atom. The Labute approximate surface area is 77.4 Å². The Morgan fingerprint density at radius 2 is 2.31 bits per heavy atom. The molecule has 0 aromatic carbocycles. The van der Waals surface area contributed by atoms with E-state index in [9.17, 15) is 9.00 Å². The minimum atomic E-state index is -1.19. The highest BCUT2D eigenvalue weighted by atomic mass is 32.2. The van der Waals surface area contributed by atoms with E-state index in [0.717, 1.165) is 0 Å². The van der Waals surface area contributed by atoms with Crippen LogP contribution in [0.3, 0.4) is 0 Å². The minimum Gasteiger partial charge on any atom is -0.478 e. The molecule has 13 heavy (non-hydrogen) atoms. The lowest BCUT2D eigenvalue weighted by molar-refractivity contribution is 0.0696. The molecule has 1 rings (SSSR count). The molecule has 0 saturated heterocycles. The van der Waals surface area contributed by atoms with Crippen LogP contribution in [-0.4, -0.2) is 26.5 Å². The molecule has 0 amide bonds. The SMILES string of the molecule is CS(=O)Nc1ccc(C(=O)O)cn1. The summed E-state index contributed by atoms with van der Waals surface area (Å²) in [5.74, 6) is -0.637. The van der Waals surface area contributed by atoms with Crippen molar-refractivity contribution < 1.29 is 14.1 Å². The Kier molecular flexibility index (Phi) is 2.97. The maximum Gasteiger partial charge on any atom is 0.337 e. The van der Waals surface area contributed by atoms with Crippen LogP contribution >= 0.6 is 0 Å². The maximum atomic E-state index is 10.7. The number of anilines is 1. The molecule has 0 aliphatic heterocycles. The number of rotatable bonds is 3. The third-order valence-corrected chi connectivity index (χ3v) is 1.76. The maximum absolute atomic E-state index is 10.7. The highest BCUT2D eigenvalue weighted by Gasteiger charge is 2.02. The first-order valence-corrected chi connectivity index (χ1v) is 4.95. The normalized spacial score (nSPS) is 12.1. The number of nitrogens with one attached hydrogen (secondary N) is 1. The molecule has 0 spiro atoms. The molecule has 6 heteroatoms. The summed E-state index contributed by atoms with van der Waals surface area (Å²) in [6, 6.07) is 2.86. The predicted octanol–water partition coefficient (Wildman–Crippen LogP) is 0.485. The lowest BCUT2D eigenvalue weighted by atomic mass is 10.3. The van der Waals surface area contributed by atoms with Crippen molar-refractivity contribution in [3.8, 4) is 0 Å². The molecular weight excluding hydrogens is 192 g/mol. The first-order valence-electron chi connectivity index (χ1n) is 3.39. The van der Waals surface area contributed by atoms with Gasteiger partial charge in [-0.3, -0.25) is 4.72 Å². The predicted molar refractivity (Wildman–Crippen MR) is 48.9 cm³/mol. The molecule has 0 radical (unpaired) electrons. The molecule has 1 atom stereocenters. The van der Waals surface area contributed by atoms with Crippen LogP contribution < -0.4 is 4.72 Å². The van der Waals surface area contributed by atoms with Crippen LogP contribution in [-0.2, 0) is 11.0 Å². The van der Waals surface area contributed by atoms with Gasteiger partial charge in [0.1, 0.15) is 16.8 Å². The lowest BCUT2D eigenvalue weighted by Crippen LogP contribution is -2.04. The van der Waals surface area contributed by atoms with Crippen molar-refractivity contribution in [2.45, 2.75) is 0 Å². The lowest BCUT2D eigenvalue weighted by Gasteiger charge is -2.00. The quantitative estimate of drug-likeness (QED) is 0.744. The van der Waals surface area contributed by atoms with Crippen molar-refractivity contribution in [3.63, 3.8) is 0 Å². The minimum absolute atomic E-state index is 0.104. The molecule has 2 N–H and O–H groups in total. The Bertz CT molecular complexity index is 336. The van der Waals surface area contributed by atoms with Crippen LogP contribution in [0.15, 0.2) is 18.3 Å². The second-order valence-electron chi connectivity index (χ2n) is 2.29. The van der Waals surface area contributed by atoms with Gasteiger partial charge in [0.25, 0.3) is 0 Å². The third-order valence-electron chi connectivity index (χ3n) is 1.26. The average molecular weight is 200 g/mol. The number of hydrogen-bond donors (Lipinski definition) is 2. The van der Waals surface area contributed by atoms with E-state index < -0.39 is 17.0 Å². The van der Waals surface area contributed by atoms with Crippen molar-refractivity contribution >= 4 is 22.8 Å². The van der Waals surface area contributed by atoms with Crippen molar-refractivity contribution in [2.75, 3.05) is 11.0 Å². The van der Waals surface area contributed by atoms with Gasteiger partial charge in [0, 0.05) is 12.5 Å². The molecule has 5 nitrogen and oxygen atoms in total. The topological polar surface area (TPSA) is 79.3 Å². The van der Waals surface area contributed by atoms with Gasteiger partial charge in [-0.1, -0.05) is 0 Å². The second kappa shape index (κ2) is 3.99. The van der Waals surface area contributed by atoms with Crippen molar-refractivity contribution in [3.05, 3.63) is 23.9 Å². The van der Waals surface area contributed by atoms with Crippen molar-refractivity contribution in [1.29, 1.82) is 0 Å². The van der Waals surface area contributed by atoms with Gasteiger partial charge in [-0.25, -0.2) is 14.0 Å². The summed E-state index contributed by atoms with van der Waals surface area (Å²) in [5, 5.41) is 8.54. The van der Waals surface area contributed by atoms with Gasteiger partial charge in [0.05, 0.1) is 5.56 Å². The first-order chi connectivity index (χ1) is 6.09. The number of pyridine rings is 1. The largest absolute Gasteiger partial charge is 0.478 e. The van der Waals surface area contributed by atoms with Crippen LogP contribution in [0.5, 0.6) is 0 Å². The van der Waals surface area contributed by atoms with Crippen LogP contribution in [0.1, 0.15) is 10.4 Å². The van der Waals surface area contributed by atoms with Crippen molar-refractivity contribution in [2.24, 2.45) is 0 Å². The molecule has 1 aromatic heterocycles. The molecule has 0 fully saturated rings. The zero-order chi connectivity index (χ0) is 9.84. The Balaban J connectivity index is 2.81. The van der Waals surface area contributed by atoms with Gasteiger partial charge in [0.15, 0.2) is 0 Å². The van der Waals surface area contributed by atoms with Gasteiger partial charge in [-0.15, -0.1) is 0 Å². The number of carbonyl (C=O) groups is 1. The number of aromatic carboxylic acids is 1. The molecular formula is C7H8N2O3S. The first kappa shape index (κ1) is 9.66. The van der Waals surface area contributed by atoms with E-state index in [2.05, 4.69) is 9.71 Å². The summed E-state index contributed by atoms with van der Waals surface area (Å²) in [5.41, 5.74) is 0.104. The summed E-state index contributed by atoms with van der Waals surface area (Å²) >= 11 is 0. The zero-order valence-electron chi connectivity index (χ0n) is 6.85. The van der Waals surface area contributed by atoms with Crippen molar-refractivity contribution in [1.82, 2.24) is 4.98 Å². The zero-order valence-corrected chi connectivity index (χ0v) is 7.67. The van der Waals surface area contributed by atoms with Gasteiger partial charge in [-0.2, -0.15) is 0 Å². The molecule has 1 aromatic rings. The van der Waals surface area contributed by atoms with E-state index >= 15 is 0 Å². The van der Waals surface area contributed by atoms with E-state index in [0.29, 0.717) is 5.82 Å². The number of hydrogen-bond acceptors (Lipinski definition) is 3. The molecule has 0 aliphatic carbocycles. The van der Waals surface area contributed by atoms with Crippen LogP contribution in [0.2, 0.25) is 0 Å². The fourth-order valence-corrected chi connectivity index (χ4v) is 1.14. The molecule has 0 aliphatic rings. The highest BCUT2D eigenvalue weighted by molar-refractivity contribution is 7.85. The number of carboxylic acids is 1. The standard InChI is InChI=1S/C7H8N2O3S/c1-13(12)9-6-3-2-5(4-8-6)7(10)11/h2-4H,1H3,(H,8,9)(H,10,11). The summed E-state index contributed by atoms with van der Waals surface area (Å²) in [4.78, 5) is 14.2. The van der Waals surface area contributed by atoms with E-state index in [1.54, 1.807) is 0 Å². The number of nitrogens with zero attached hydrogens (tertiary/aromatic N) is 1. The third kappa shape index (κ3) is 2.83. The van der Waals surface area contributed by atoms with Gasteiger partial charge in [0.2, 0.25) is 0 Å². The summed E-state index contributed by atoms with van der Waals surface area (Å²) < 4.78 is 13.2. The summed E-state index contributed by atoms with van der Waals surface area (Å²) in [6.07, 6.45) is 2.67. The average Bonchev–Trinajstić information content (AvgIpc) is 2.04. The molecule has 0 saturated carbocycles. The van der Waals surface area contributed by atoms with E-state index in [1.807, 2.05) is 0 Å². The molecule has 0 bridgehead atoms.